The fourth-order valence-electron chi connectivity index (χ4n) is 2.08. The van der Waals surface area contributed by atoms with E-state index in [0.717, 1.165) is 11.4 Å². The summed E-state index contributed by atoms with van der Waals surface area (Å²) in [5.74, 6) is 2.55. The lowest BCUT2D eigenvalue weighted by Crippen LogP contribution is -2.06. The van der Waals surface area contributed by atoms with E-state index in [1.165, 1.54) is 0 Å². The maximum Gasteiger partial charge on any atom is 0.238 e. The van der Waals surface area contributed by atoms with Crippen LogP contribution in [0.2, 0.25) is 5.02 Å². The Hall–Kier alpha value is -2.53. The number of hydrogen-bond donors (Lipinski definition) is 1. The highest BCUT2D eigenvalue weighted by atomic mass is 35.5. The Balaban J connectivity index is 1.65. The summed E-state index contributed by atoms with van der Waals surface area (Å²) >= 11 is 5.94. The fraction of sp³-hybridized carbons (Fsp3) is 0.176. The lowest BCUT2D eigenvalue weighted by atomic mass is 10.2. The molecule has 0 radical (unpaired) electrons. The van der Waals surface area contributed by atoms with Crippen LogP contribution in [0.5, 0.6) is 11.5 Å². The third-order valence-corrected chi connectivity index (χ3v) is 3.42. The Morgan fingerprint density at radius 2 is 1.87 bits per heavy atom. The molecule has 0 spiro atoms. The van der Waals surface area contributed by atoms with Crippen LogP contribution in [0.15, 0.2) is 52.9 Å². The molecule has 5 nitrogen and oxygen atoms in total. The maximum absolute atomic E-state index is 5.94. The van der Waals surface area contributed by atoms with E-state index in [2.05, 4.69) is 15.5 Å². The number of anilines is 1. The van der Waals surface area contributed by atoms with Gasteiger partial charge in [-0.1, -0.05) is 17.7 Å². The molecule has 6 heteroatoms. The molecule has 3 rings (SSSR count). The van der Waals surface area contributed by atoms with Crippen molar-refractivity contribution in [2.75, 3.05) is 5.32 Å². The van der Waals surface area contributed by atoms with Gasteiger partial charge in [0.05, 0.1) is 0 Å². The predicted molar refractivity (Wildman–Crippen MR) is 89.0 cm³/mol. The molecule has 0 fully saturated rings. The molecule has 1 heterocycles. The van der Waals surface area contributed by atoms with E-state index < -0.39 is 0 Å². The first-order valence-electron chi connectivity index (χ1n) is 7.20. The second kappa shape index (κ2) is 6.71. The third-order valence-electron chi connectivity index (χ3n) is 3.18. The van der Waals surface area contributed by atoms with E-state index in [0.29, 0.717) is 22.6 Å². The van der Waals surface area contributed by atoms with Gasteiger partial charge in [0.1, 0.15) is 17.5 Å². The monoisotopic (exact) mass is 329 g/mol. The van der Waals surface area contributed by atoms with Gasteiger partial charge in [-0.2, -0.15) is 0 Å². The predicted octanol–water partition coefficient (Wildman–Crippen LogP) is 5.00. The van der Waals surface area contributed by atoms with Crippen LogP contribution >= 0.6 is 11.6 Å². The summed E-state index contributed by atoms with van der Waals surface area (Å²) in [6.07, 6.45) is 0. The van der Waals surface area contributed by atoms with Crippen molar-refractivity contribution in [2.24, 2.45) is 0 Å². The number of halogens is 1. The van der Waals surface area contributed by atoms with Gasteiger partial charge in [-0.25, -0.2) is 0 Å². The summed E-state index contributed by atoms with van der Waals surface area (Å²) in [5.41, 5.74) is 0.937. The molecule has 0 saturated carbocycles. The van der Waals surface area contributed by atoms with E-state index in [4.69, 9.17) is 20.8 Å². The van der Waals surface area contributed by atoms with Crippen LogP contribution in [0.3, 0.4) is 0 Å². The molecule has 118 valence electrons. The highest BCUT2D eigenvalue weighted by molar-refractivity contribution is 6.30. The number of aromatic nitrogens is 2. The molecule has 1 N–H and O–H groups in total. The average molecular weight is 330 g/mol. The molecule has 2 aromatic carbocycles. The van der Waals surface area contributed by atoms with Crippen molar-refractivity contribution in [2.45, 2.75) is 19.9 Å². The normalized spacial score (nSPS) is 12.0. The summed E-state index contributed by atoms with van der Waals surface area (Å²) in [7, 11) is 0. The van der Waals surface area contributed by atoms with Crippen molar-refractivity contribution >= 4 is 17.3 Å². The molecule has 23 heavy (non-hydrogen) atoms. The largest absolute Gasteiger partial charge is 0.457 e. The van der Waals surface area contributed by atoms with Crippen LogP contribution in [0.25, 0.3) is 0 Å². The van der Waals surface area contributed by atoms with Gasteiger partial charge in [-0.05, 0) is 49.4 Å². The molecule has 3 aromatic rings. The van der Waals surface area contributed by atoms with Gasteiger partial charge in [0, 0.05) is 17.6 Å². The number of benzene rings is 2. The molecular weight excluding hydrogens is 314 g/mol. The smallest absolute Gasteiger partial charge is 0.238 e. The Labute approximate surface area is 139 Å². The third kappa shape index (κ3) is 4.02. The fourth-order valence-corrected chi connectivity index (χ4v) is 2.26. The Morgan fingerprint density at radius 3 is 2.52 bits per heavy atom. The summed E-state index contributed by atoms with van der Waals surface area (Å²) in [4.78, 5) is 0. The Kier molecular flexibility index (Phi) is 4.48. The molecule has 0 aliphatic rings. The van der Waals surface area contributed by atoms with Crippen molar-refractivity contribution in [3.8, 4) is 11.5 Å². The van der Waals surface area contributed by atoms with Crippen LogP contribution in [0.1, 0.15) is 24.7 Å². The van der Waals surface area contributed by atoms with Crippen molar-refractivity contribution in [1.29, 1.82) is 0 Å². The SMILES string of the molecule is Cc1nnc([C@H](C)Nc2ccc(Oc3cccc(Cl)c3)cc2)o1. The zero-order valence-electron chi connectivity index (χ0n) is 12.8. The minimum Gasteiger partial charge on any atom is -0.457 e. The minimum atomic E-state index is -0.0732. The van der Waals surface area contributed by atoms with E-state index in [-0.39, 0.29) is 6.04 Å². The Morgan fingerprint density at radius 1 is 1.09 bits per heavy atom. The first-order chi connectivity index (χ1) is 11.1. The van der Waals surface area contributed by atoms with Gasteiger partial charge in [-0.3, -0.25) is 0 Å². The van der Waals surface area contributed by atoms with Crippen molar-refractivity contribution in [3.05, 3.63) is 65.3 Å². The van der Waals surface area contributed by atoms with E-state index in [1.807, 2.05) is 49.4 Å². The molecule has 1 aromatic heterocycles. The molecule has 1 atom stereocenters. The number of rotatable bonds is 5. The van der Waals surface area contributed by atoms with E-state index in [1.54, 1.807) is 13.0 Å². The first-order valence-corrected chi connectivity index (χ1v) is 7.58. The number of nitrogens with one attached hydrogen (secondary N) is 1. The number of hydrogen-bond acceptors (Lipinski definition) is 5. The summed E-state index contributed by atoms with van der Waals surface area (Å²) in [5, 5.41) is 11.8. The number of ether oxygens (including phenoxy) is 1. The highest BCUT2D eigenvalue weighted by Crippen LogP contribution is 2.26. The van der Waals surface area contributed by atoms with Crippen LogP contribution in [0, 0.1) is 6.92 Å². The first kappa shape index (κ1) is 15.4. The summed E-state index contributed by atoms with van der Waals surface area (Å²) in [6.45, 7) is 3.73. The van der Waals surface area contributed by atoms with Crippen molar-refractivity contribution in [3.63, 3.8) is 0 Å². The molecule has 0 amide bonds. The topological polar surface area (TPSA) is 60.2 Å². The lowest BCUT2D eigenvalue weighted by Gasteiger charge is -2.12. The average Bonchev–Trinajstić information content (AvgIpc) is 2.96. The molecule has 0 aliphatic carbocycles. The Bertz CT molecular complexity index is 787. The van der Waals surface area contributed by atoms with Crippen LogP contribution in [-0.2, 0) is 0 Å². The van der Waals surface area contributed by atoms with Crippen LogP contribution in [-0.4, -0.2) is 10.2 Å². The van der Waals surface area contributed by atoms with Crippen LogP contribution in [0.4, 0.5) is 5.69 Å². The standard InChI is InChI=1S/C17H16ClN3O2/c1-11(17-21-20-12(2)22-17)19-14-6-8-15(9-7-14)23-16-5-3-4-13(18)10-16/h3-11,19H,1-2H3/t11-/m0/s1. The maximum atomic E-state index is 5.94. The molecule has 0 unspecified atom stereocenters. The summed E-state index contributed by atoms with van der Waals surface area (Å²) in [6, 6.07) is 14.8. The van der Waals surface area contributed by atoms with Crippen LogP contribution < -0.4 is 10.1 Å². The van der Waals surface area contributed by atoms with Gasteiger partial charge in [0.2, 0.25) is 11.8 Å². The highest BCUT2D eigenvalue weighted by Gasteiger charge is 2.12. The van der Waals surface area contributed by atoms with Gasteiger partial charge in [0.15, 0.2) is 0 Å². The van der Waals surface area contributed by atoms with Gasteiger partial charge in [-0.15, -0.1) is 10.2 Å². The van der Waals surface area contributed by atoms with Gasteiger partial charge < -0.3 is 14.5 Å². The molecular formula is C17H16ClN3O2. The van der Waals surface area contributed by atoms with Crippen molar-refractivity contribution < 1.29 is 9.15 Å². The zero-order valence-corrected chi connectivity index (χ0v) is 13.5. The number of aryl methyl sites for hydroxylation is 1. The summed E-state index contributed by atoms with van der Waals surface area (Å²) < 4.78 is 11.2. The quantitative estimate of drug-likeness (QED) is 0.714. The lowest BCUT2D eigenvalue weighted by molar-refractivity contribution is 0.451. The number of nitrogens with zero attached hydrogens (tertiary/aromatic N) is 2. The minimum absolute atomic E-state index is 0.0732. The van der Waals surface area contributed by atoms with E-state index >= 15 is 0 Å². The second-order valence-electron chi connectivity index (χ2n) is 5.11. The van der Waals surface area contributed by atoms with Gasteiger partial charge >= 0.3 is 0 Å². The van der Waals surface area contributed by atoms with E-state index in [9.17, 15) is 0 Å². The molecule has 0 aliphatic heterocycles. The van der Waals surface area contributed by atoms with Crippen molar-refractivity contribution in [1.82, 2.24) is 10.2 Å². The molecule has 0 bridgehead atoms. The van der Waals surface area contributed by atoms with Gasteiger partial charge in [0.25, 0.3) is 0 Å². The second-order valence-corrected chi connectivity index (χ2v) is 5.55. The molecule has 0 saturated heterocycles. The zero-order chi connectivity index (χ0) is 16.2.